The Morgan fingerprint density at radius 3 is 2.77 bits per heavy atom. The van der Waals surface area contributed by atoms with Crippen molar-refractivity contribution in [2.75, 3.05) is 18.4 Å². The third-order valence-corrected chi connectivity index (χ3v) is 3.11. The van der Waals surface area contributed by atoms with Gasteiger partial charge in [0.05, 0.1) is 30.7 Å². The Kier molecular flexibility index (Phi) is 5.17. The zero-order valence-corrected chi connectivity index (χ0v) is 12.3. The molecule has 1 amide bonds. The molecule has 1 heterocycles. The fourth-order valence-electron chi connectivity index (χ4n) is 1.70. The van der Waals surface area contributed by atoms with Crippen molar-refractivity contribution < 1.29 is 4.79 Å². The number of benzene rings is 1. The summed E-state index contributed by atoms with van der Waals surface area (Å²) in [5.41, 5.74) is 0.421. The number of rotatable bonds is 5. The topological polar surface area (TPSA) is 76.0 Å². The third-order valence-electron chi connectivity index (χ3n) is 2.75. The molecule has 0 atom stereocenters. The minimum absolute atomic E-state index is 0.0383. The van der Waals surface area contributed by atoms with E-state index < -0.39 is 5.56 Å². The Hall–Kier alpha value is -2.78. The zero-order valence-electron chi connectivity index (χ0n) is 11.5. The Balaban J connectivity index is 2.16. The molecule has 0 aliphatic carbocycles. The molecule has 0 saturated heterocycles. The standard InChI is InChI=1S/C15H13ClN4O2/c1-2-8-17-13(21)10-18-12-9-19-20(15(22)14(12)16)11-6-4-3-5-7-11/h1,3-7,9,18H,8,10H2,(H,17,21). The fourth-order valence-corrected chi connectivity index (χ4v) is 1.89. The van der Waals surface area contributed by atoms with Crippen LogP contribution in [-0.2, 0) is 4.79 Å². The van der Waals surface area contributed by atoms with Gasteiger partial charge < -0.3 is 10.6 Å². The molecule has 2 rings (SSSR count). The summed E-state index contributed by atoms with van der Waals surface area (Å²) < 4.78 is 1.19. The number of hydrogen-bond acceptors (Lipinski definition) is 4. The Bertz CT molecular complexity index is 765. The summed E-state index contributed by atoms with van der Waals surface area (Å²) in [7, 11) is 0. The predicted octanol–water partition coefficient (Wildman–Crippen LogP) is 1.05. The third kappa shape index (κ3) is 3.65. The number of para-hydroxylation sites is 1. The number of nitrogens with zero attached hydrogens (tertiary/aromatic N) is 2. The maximum absolute atomic E-state index is 12.2. The van der Waals surface area contributed by atoms with E-state index in [4.69, 9.17) is 18.0 Å². The molecule has 0 aliphatic heterocycles. The van der Waals surface area contributed by atoms with E-state index in [0.29, 0.717) is 5.69 Å². The molecule has 22 heavy (non-hydrogen) atoms. The predicted molar refractivity (Wildman–Crippen MR) is 85.2 cm³/mol. The highest BCUT2D eigenvalue weighted by Gasteiger charge is 2.11. The van der Waals surface area contributed by atoms with Gasteiger partial charge in [0.1, 0.15) is 5.02 Å². The SMILES string of the molecule is C#CCNC(=O)CNc1cnn(-c2ccccc2)c(=O)c1Cl. The first-order chi connectivity index (χ1) is 10.6. The summed E-state index contributed by atoms with van der Waals surface area (Å²) in [6.45, 7) is 0.0833. The van der Waals surface area contributed by atoms with Crippen LogP contribution >= 0.6 is 11.6 Å². The van der Waals surface area contributed by atoms with E-state index in [2.05, 4.69) is 21.7 Å². The molecule has 0 bridgehead atoms. The lowest BCUT2D eigenvalue weighted by Gasteiger charge is -2.10. The van der Waals surface area contributed by atoms with Crippen molar-refractivity contribution in [1.29, 1.82) is 0 Å². The molecule has 0 spiro atoms. The second-order valence-corrected chi connectivity index (χ2v) is 4.64. The van der Waals surface area contributed by atoms with Gasteiger partial charge in [-0.25, -0.2) is 0 Å². The average molecular weight is 317 g/mol. The van der Waals surface area contributed by atoms with E-state index in [-0.39, 0.29) is 29.7 Å². The maximum atomic E-state index is 12.2. The van der Waals surface area contributed by atoms with Crippen LogP contribution in [0.4, 0.5) is 5.69 Å². The zero-order chi connectivity index (χ0) is 15.9. The highest BCUT2D eigenvalue weighted by molar-refractivity contribution is 6.33. The molecule has 2 N–H and O–H groups in total. The number of aromatic nitrogens is 2. The molecular weight excluding hydrogens is 304 g/mol. The first kappa shape index (κ1) is 15.6. The van der Waals surface area contributed by atoms with Gasteiger partial charge in [-0.05, 0) is 12.1 Å². The second kappa shape index (κ2) is 7.29. The van der Waals surface area contributed by atoms with Crippen LogP contribution in [0.3, 0.4) is 0 Å². The summed E-state index contributed by atoms with van der Waals surface area (Å²) in [5, 5.41) is 9.25. The van der Waals surface area contributed by atoms with Crippen LogP contribution < -0.4 is 16.2 Å². The van der Waals surface area contributed by atoms with Crippen LogP contribution in [0.15, 0.2) is 41.3 Å². The minimum Gasteiger partial charge on any atom is -0.373 e. The highest BCUT2D eigenvalue weighted by Crippen LogP contribution is 2.16. The molecule has 0 unspecified atom stereocenters. The lowest BCUT2D eigenvalue weighted by molar-refractivity contribution is -0.119. The van der Waals surface area contributed by atoms with Crippen LogP contribution in [0, 0.1) is 12.3 Å². The van der Waals surface area contributed by atoms with Crippen molar-refractivity contribution in [3.8, 4) is 18.0 Å². The summed E-state index contributed by atoms with van der Waals surface area (Å²) in [4.78, 5) is 23.7. The second-order valence-electron chi connectivity index (χ2n) is 4.26. The van der Waals surface area contributed by atoms with Crippen molar-refractivity contribution in [2.45, 2.75) is 0 Å². The van der Waals surface area contributed by atoms with E-state index in [9.17, 15) is 9.59 Å². The van der Waals surface area contributed by atoms with Crippen molar-refractivity contribution in [3.05, 3.63) is 51.9 Å². The summed E-state index contributed by atoms with van der Waals surface area (Å²) in [5.74, 6) is 1.99. The molecule has 6 nitrogen and oxygen atoms in total. The van der Waals surface area contributed by atoms with E-state index in [1.54, 1.807) is 24.3 Å². The number of anilines is 1. The number of terminal acetylenes is 1. The van der Waals surface area contributed by atoms with Gasteiger partial charge in [-0.2, -0.15) is 9.78 Å². The first-order valence-electron chi connectivity index (χ1n) is 6.40. The van der Waals surface area contributed by atoms with Crippen molar-refractivity contribution in [1.82, 2.24) is 15.1 Å². The van der Waals surface area contributed by atoms with Gasteiger partial charge in [0.2, 0.25) is 5.91 Å². The molecule has 0 fully saturated rings. The van der Waals surface area contributed by atoms with E-state index in [1.165, 1.54) is 10.9 Å². The van der Waals surface area contributed by atoms with Gasteiger partial charge >= 0.3 is 0 Å². The summed E-state index contributed by atoms with van der Waals surface area (Å²) in [6, 6.07) is 8.90. The van der Waals surface area contributed by atoms with E-state index in [0.717, 1.165) is 0 Å². The molecule has 1 aromatic heterocycles. The van der Waals surface area contributed by atoms with Crippen LogP contribution in [0.5, 0.6) is 0 Å². The number of halogens is 1. The van der Waals surface area contributed by atoms with Gasteiger partial charge in [0.15, 0.2) is 0 Å². The van der Waals surface area contributed by atoms with Gasteiger partial charge in [-0.3, -0.25) is 9.59 Å². The average Bonchev–Trinajstić information content (AvgIpc) is 2.55. The van der Waals surface area contributed by atoms with Gasteiger partial charge in [0.25, 0.3) is 5.56 Å². The summed E-state index contributed by atoms with van der Waals surface area (Å²) >= 11 is 6.04. The molecule has 1 aromatic carbocycles. The van der Waals surface area contributed by atoms with Crippen LogP contribution in [0.2, 0.25) is 5.02 Å². The van der Waals surface area contributed by atoms with Gasteiger partial charge in [-0.15, -0.1) is 6.42 Å². The van der Waals surface area contributed by atoms with Crippen LogP contribution in [0.1, 0.15) is 0 Å². The molecular formula is C15H13ClN4O2. The first-order valence-corrected chi connectivity index (χ1v) is 6.78. The number of hydrogen-bond donors (Lipinski definition) is 2. The lowest BCUT2D eigenvalue weighted by Crippen LogP contribution is -2.31. The monoisotopic (exact) mass is 316 g/mol. The van der Waals surface area contributed by atoms with Crippen molar-refractivity contribution >= 4 is 23.2 Å². The Labute approximate surface area is 132 Å². The van der Waals surface area contributed by atoms with Gasteiger partial charge in [-0.1, -0.05) is 35.7 Å². The number of carbonyl (C=O) groups excluding carboxylic acids is 1. The maximum Gasteiger partial charge on any atom is 0.292 e. The van der Waals surface area contributed by atoms with E-state index >= 15 is 0 Å². The van der Waals surface area contributed by atoms with Gasteiger partial charge in [0, 0.05) is 0 Å². The quantitative estimate of drug-likeness (QED) is 0.808. The minimum atomic E-state index is -0.470. The smallest absolute Gasteiger partial charge is 0.292 e. The number of amides is 1. The van der Waals surface area contributed by atoms with Crippen molar-refractivity contribution in [2.24, 2.45) is 0 Å². The summed E-state index contributed by atoms with van der Waals surface area (Å²) in [6.07, 6.45) is 6.43. The molecule has 2 aromatic rings. The fraction of sp³-hybridized carbons (Fsp3) is 0.133. The lowest BCUT2D eigenvalue weighted by atomic mass is 10.3. The largest absolute Gasteiger partial charge is 0.373 e. The van der Waals surface area contributed by atoms with Crippen LogP contribution in [-0.4, -0.2) is 28.8 Å². The highest BCUT2D eigenvalue weighted by atomic mass is 35.5. The number of carbonyl (C=O) groups is 1. The van der Waals surface area contributed by atoms with Crippen molar-refractivity contribution in [3.63, 3.8) is 0 Å². The molecule has 112 valence electrons. The molecule has 0 saturated carbocycles. The Morgan fingerprint density at radius 1 is 1.36 bits per heavy atom. The van der Waals surface area contributed by atoms with E-state index in [1.807, 2.05) is 6.07 Å². The normalized spacial score (nSPS) is 9.82. The van der Waals surface area contributed by atoms with Crippen LogP contribution in [0.25, 0.3) is 5.69 Å². The molecule has 0 aliphatic rings. The Morgan fingerprint density at radius 2 is 2.09 bits per heavy atom. The molecule has 0 radical (unpaired) electrons. The number of nitrogens with one attached hydrogen (secondary N) is 2. The molecule has 7 heteroatoms.